The third-order valence-corrected chi connectivity index (χ3v) is 1.90. The average Bonchev–Trinajstić information content (AvgIpc) is 2.36. The summed E-state index contributed by atoms with van der Waals surface area (Å²) in [5.74, 6) is 0. The first-order valence-electron chi connectivity index (χ1n) is 4.36. The second-order valence-electron chi connectivity index (χ2n) is 2.87. The highest BCUT2D eigenvalue weighted by molar-refractivity contribution is 5.44. The number of hydrogen-bond acceptors (Lipinski definition) is 3. The van der Waals surface area contributed by atoms with E-state index in [4.69, 9.17) is 0 Å². The normalized spacial score (nSPS) is 9.43. The molecule has 0 N–H and O–H groups in total. The molecule has 0 heterocycles. The van der Waals surface area contributed by atoms with Gasteiger partial charge in [-0.2, -0.15) is 0 Å². The van der Waals surface area contributed by atoms with Crippen molar-refractivity contribution in [1.29, 1.82) is 0 Å². The number of allylic oxidation sites excluding steroid dienone is 1. The molecule has 0 aliphatic rings. The zero-order valence-electron chi connectivity index (χ0n) is 7.77. The first kappa shape index (κ1) is 10.3. The molecule has 0 saturated heterocycles. The van der Waals surface area contributed by atoms with Crippen molar-refractivity contribution in [1.82, 2.24) is 0 Å². The summed E-state index contributed by atoms with van der Waals surface area (Å²) in [7, 11) is 0. The van der Waals surface area contributed by atoms with E-state index < -0.39 is 0 Å². The molecule has 1 aromatic carbocycles. The van der Waals surface area contributed by atoms with Crippen LogP contribution in [0.4, 0.5) is 5.69 Å². The van der Waals surface area contributed by atoms with Crippen molar-refractivity contribution < 1.29 is 0 Å². The second kappa shape index (κ2) is 5.07. The Labute approximate surface area is 82.1 Å². The van der Waals surface area contributed by atoms with Crippen LogP contribution in [0, 0.1) is 4.91 Å². The van der Waals surface area contributed by atoms with Crippen molar-refractivity contribution >= 4 is 5.69 Å². The van der Waals surface area contributed by atoms with Gasteiger partial charge < -0.3 is 0 Å². The lowest BCUT2D eigenvalue weighted by molar-refractivity contribution is 1.00. The molecule has 0 radical (unpaired) electrons. The minimum atomic E-state index is -0.330. The number of nitrogens with zero attached hydrogens (tertiary/aromatic N) is 1. The number of aryl methyl sites for hydroxylation is 1. The van der Waals surface area contributed by atoms with E-state index in [0.717, 1.165) is 6.42 Å². The fourth-order valence-electron chi connectivity index (χ4n) is 1.19. The molecule has 0 atom stereocenters. The molecule has 0 bridgehead atoms. The van der Waals surface area contributed by atoms with Crippen molar-refractivity contribution in [3.8, 4) is 0 Å². The Kier molecular flexibility index (Phi) is 3.73. The monoisotopic (exact) mass is 189 g/mol. The fourth-order valence-corrected chi connectivity index (χ4v) is 1.19. The summed E-state index contributed by atoms with van der Waals surface area (Å²) >= 11 is 0. The van der Waals surface area contributed by atoms with Crippen molar-refractivity contribution in [3.63, 3.8) is 0 Å². The fraction of sp³-hybridized carbons (Fsp3) is 0.182. The van der Waals surface area contributed by atoms with Crippen LogP contribution in [0.2, 0.25) is 0 Å². The Morgan fingerprint density at radius 3 is 2.71 bits per heavy atom. The first-order chi connectivity index (χ1) is 6.79. The maximum absolute atomic E-state index is 11.3. The molecule has 3 nitrogen and oxygen atoms in total. The Hall–Kier alpha value is -1.77. The van der Waals surface area contributed by atoms with Gasteiger partial charge >= 0.3 is 0 Å². The molecule has 0 fully saturated rings. The quantitative estimate of drug-likeness (QED) is 0.539. The lowest BCUT2D eigenvalue weighted by Crippen LogP contribution is -1.96. The summed E-state index contributed by atoms with van der Waals surface area (Å²) in [6.45, 7) is 3.58. The summed E-state index contributed by atoms with van der Waals surface area (Å²) in [5.41, 5.74) is 0.357. The zero-order chi connectivity index (χ0) is 10.4. The third-order valence-electron chi connectivity index (χ3n) is 1.90. The minimum absolute atomic E-state index is 0.0110. The maximum Gasteiger partial charge on any atom is 0.208 e. The molecule has 0 saturated carbocycles. The molecule has 0 aliphatic heterocycles. The van der Waals surface area contributed by atoms with Gasteiger partial charge in [-0.1, -0.05) is 24.3 Å². The molecule has 1 rings (SSSR count). The van der Waals surface area contributed by atoms with E-state index >= 15 is 0 Å². The van der Waals surface area contributed by atoms with Crippen LogP contribution >= 0.6 is 0 Å². The first-order valence-corrected chi connectivity index (χ1v) is 4.36. The molecule has 1 aromatic rings. The van der Waals surface area contributed by atoms with Gasteiger partial charge in [0.1, 0.15) is 0 Å². The van der Waals surface area contributed by atoms with E-state index in [-0.39, 0.29) is 11.1 Å². The number of hydrogen-bond donors (Lipinski definition) is 0. The van der Waals surface area contributed by atoms with Crippen LogP contribution in [-0.4, -0.2) is 0 Å². The summed E-state index contributed by atoms with van der Waals surface area (Å²) in [6.07, 6.45) is 3.09. The van der Waals surface area contributed by atoms with Gasteiger partial charge in [0.25, 0.3) is 0 Å². The highest BCUT2D eigenvalue weighted by atomic mass is 16.3. The topological polar surface area (TPSA) is 46.5 Å². The van der Waals surface area contributed by atoms with Crippen molar-refractivity contribution in [2.75, 3.05) is 0 Å². The van der Waals surface area contributed by atoms with E-state index in [1.165, 1.54) is 6.07 Å². The Bertz CT molecular complexity index is 399. The summed E-state index contributed by atoms with van der Waals surface area (Å²) in [6, 6.07) is 6.42. The minimum Gasteiger partial charge on any atom is -0.287 e. The van der Waals surface area contributed by atoms with Crippen molar-refractivity contribution in [2.45, 2.75) is 12.8 Å². The zero-order valence-corrected chi connectivity index (χ0v) is 7.77. The standard InChI is InChI=1S/C11H11NO2/c1-2-3-6-9-7-4-5-8-10(13)11(9)12-14/h2,4-5,7-8H,1,3,6H2. The number of rotatable bonds is 4. The molecule has 0 aliphatic carbocycles. The highest BCUT2D eigenvalue weighted by Crippen LogP contribution is 2.14. The SMILES string of the molecule is C=CCCc1ccccc(=O)c1N=O. The van der Waals surface area contributed by atoms with Crippen molar-refractivity contribution in [3.05, 3.63) is 57.6 Å². The highest BCUT2D eigenvalue weighted by Gasteiger charge is 2.03. The number of nitroso groups, excluding NO2 is 1. The molecule has 0 amide bonds. The van der Waals surface area contributed by atoms with Gasteiger partial charge in [0.05, 0.1) is 0 Å². The van der Waals surface area contributed by atoms with Crippen molar-refractivity contribution in [2.24, 2.45) is 5.18 Å². The van der Waals surface area contributed by atoms with Gasteiger partial charge in [0.15, 0.2) is 5.69 Å². The lowest BCUT2D eigenvalue weighted by atomic mass is 10.1. The second-order valence-corrected chi connectivity index (χ2v) is 2.87. The van der Waals surface area contributed by atoms with Gasteiger partial charge in [-0.05, 0) is 29.6 Å². The Morgan fingerprint density at radius 1 is 1.36 bits per heavy atom. The molecular weight excluding hydrogens is 178 g/mol. The molecular formula is C11H11NO2. The van der Waals surface area contributed by atoms with E-state index in [1.807, 2.05) is 0 Å². The van der Waals surface area contributed by atoms with Crippen LogP contribution in [0.15, 0.2) is 46.9 Å². The summed E-state index contributed by atoms with van der Waals surface area (Å²) in [4.78, 5) is 21.8. The Balaban J connectivity index is 3.21. The van der Waals surface area contributed by atoms with E-state index in [1.54, 1.807) is 24.3 Å². The van der Waals surface area contributed by atoms with Crippen LogP contribution < -0.4 is 5.43 Å². The molecule has 0 unspecified atom stereocenters. The molecule has 0 spiro atoms. The van der Waals surface area contributed by atoms with Crippen LogP contribution in [0.3, 0.4) is 0 Å². The molecule has 0 aromatic heterocycles. The van der Waals surface area contributed by atoms with Gasteiger partial charge in [-0.3, -0.25) is 4.79 Å². The lowest BCUT2D eigenvalue weighted by Gasteiger charge is -1.95. The predicted molar refractivity (Wildman–Crippen MR) is 56.7 cm³/mol. The average molecular weight is 189 g/mol. The maximum atomic E-state index is 11.3. The summed E-state index contributed by atoms with van der Waals surface area (Å²) in [5, 5.41) is 2.77. The Morgan fingerprint density at radius 2 is 2.07 bits per heavy atom. The molecule has 72 valence electrons. The van der Waals surface area contributed by atoms with Crippen LogP contribution in [-0.2, 0) is 6.42 Å². The molecule has 14 heavy (non-hydrogen) atoms. The van der Waals surface area contributed by atoms with Gasteiger partial charge in [-0.15, -0.1) is 11.5 Å². The smallest absolute Gasteiger partial charge is 0.208 e. The third kappa shape index (κ3) is 2.36. The largest absolute Gasteiger partial charge is 0.287 e. The summed E-state index contributed by atoms with van der Waals surface area (Å²) < 4.78 is 0. The van der Waals surface area contributed by atoms with Crippen LogP contribution in [0.25, 0.3) is 0 Å². The van der Waals surface area contributed by atoms with Crippen LogP contribution in [0.5, 0.6) is 0 Å². The predicted octanol–water partition coefficient (Wildman–Crippen LogP) is 2.56. The molecule has 3 heteroatoms. The van der Waals surface area contributed by atoms with Gasteiger partial charge in [0, 0.05) is 0 Å². The van der Waals surface area contributed by atoms with Crippen LogP contribution in [0.1, 0.15) is 12.0 Å². The van der Waals surface area contributed by atoms with Gasteiger partial charge in [0.2, 0.25) is 5.43 Å². The van der Waals surface area contributed by atoms with E-state index in [2.05, 4.69) is 11.8 Å². The van der Waals surface area contributed by atoms with E-state index in [9.17, 15) is 9.70 Å². The van der Waals surface area contributed by atoms with E-state index in [0.29, 0.717) is 12.0 Å². The van der Waals surface area contributed by atoms with Gasteiger partial charge in [-0.25, -0.2) is 0 Å².